The lowest BCUT2D eigenvalue weighted by molar-refractivity contribution is -0.188. The third-order valence-electron chi connectivity index (χ3n) is 5.69. The van der Waals surface area contributed by atoms with Crippen molar-refractivity contribution in [1.82, 2.24) is 9.62 Å². The number of ketones is 1. The van der Waals surface area contributed by atoms with Crippen LogP contribution in [0.4, 0.5) is 13.2 Å². The summed E-state index contributed by atoms with van der Waals surface area (Å²) in [4.78, 5) is 26.8. The molecule has 0 aromatic heterocycles. The molecule has 11 heteroatoms. The Morgan fingerprint density at radius 1 is 1.12 bits per heavy atom. The molecule has 32 heavy (non-hydrogen) atoms. The summed E-state index contributed by atoms with van der Waals surface area (Å²) in [6.45, 7) is 5.22. The van der Waals surface area contributed by atoms with Crippen molar-refractivity contribution in [2.24, 2.45) is 5.41 Å². The topological polar surface area (TPSA) is 83.6 Å². The summed E-state index contributed by atoms with van der Waals surface area (Å²) in [5, 5.41) is 0.187. The summed E-state index contributed by atoms with van der Waals surface area (Å²) in [5.74, 6) is -2.38. The van der Waals surface area contributed by atoms with Crippen LogP contribution in [0.1, 0.15) is 46.5 Å². The van der Waals surface area contributed by atoms with Crippen LogP contribution in [0, 0.1) is 5.41 Å². The first-order valence-corrected chi connectivity index (χ1v) is 12.0. The third-order valence-corrected chi connectivity index (χ3v) is 7.41. The molecule has 1 aliphatic heterocycles. The Labute approximate surface area is 189 Å². The highest BCUT2D eigenvalue weighted by atomic mass is 35.5. The van der Waals surface area contributed by atoms with Crippen molar-refractivity contribution < 1.29 is 31.2 Å². The fourth-order valence-electron chi connectivity index (χ4n) is 4.22. The van der Waals surface area contributed by atoms with Gasteiger partial charge in [-0.1, -0.05) is 38.8 Å². The van der Waals surface area contributed by atoms with Crippen LogP contribution in [-0.2, 0) is 19.6 Å². The van der Waals surface area contributed by atoms with Crippen LogP contribution in [0.5, 0.6) is 0 Å². The van der Waals surface area contributed by atoms with Crippen LogP contribution < -0.4 is 4.72 Å². The first-order chi connectivity index (χ1) is 14.7. The van der Waals surface area contributed by atoms with Gasteiger partial charge in [0.2, 0.25) is 15.6 Å². The number of nitrogens with zero attached hydrogens (tertiary/aromatic N) is 1. The second-order valence-electron chi connectivity index (χ2n) is 8.88. The van der Waals surface area contributed by atoms with Crippen LogP contribution in [0.2, 0.25) is 5.02 Å². The normalized spacial score (nSPS) is 23.7. The summed E-state index contributed by atoms with van der Waals surface area (Å²) in [7, 11) is -4.84. The van der Waals surface area contributed by atoms with E-state index in [0.717, 1.165) is 17.0 Å². The second kappa shape index (κ2) is 8.14. The minimum absolute atomic E-state index is 0.0436. The van der Waals surface area contributed by atoms with Crippen LogP contribution in [0.25, 0.3) is 0 Å². The molecule has 0 saturated heterocycles. The van der Waals surface area contributed by atoms with Gasteiger partial charge in [-0.2, -0.15) is 17.9 Å². The summed E-state index contributed by atoms with van der Waals surface area (Å²) >= 11 is 5.75. The molecule has 3 rings (SSSR count). The van der Waals surface area contributed by atoms with Crippen molar-refractivity contribution in [1.29, 1.82) is 0 Å². The standard InChI is InChI=1S/C21H24ClF3N2O4S/c1-4-5-10-27-15-11-19(2,3)12-16(28)17(15)20(18(27)29,21(23,24)25)26-32(30,31)14-8-6-13(22)7-9-14/h6-9,26H,4-5,10-12H2,1-3H3/t20-/m1/s1. The minimum atomic E-state index is -5.39. The Hall–Kier alpha value is -1.91. The number of hydrogen-bond acceptors (Lipinski definition) is 4. The average Bonchev–Trinajstić information content (AvgIpc) is 2.87. The molecular weight excluding hydrogens is 469 g/mol. The number of sulfonamides is 1. The van der Waals surface area contributed by atoms with E-state index in [1.807, 2.05) is 6.92 Å². The first kappa shape index (κ1) is 24.7. The van der Waals surface area contributed by atoms with Gasteiger partial charge in [0.15, 0.2) is 5.78 Å². The highest BCUT2D eigenvalue weighted by molar-refractivity contribution is 7.89. The van der Waals surface area contributed by atoms with Crippen molar-refractivity contribution >= 4 is 33.3 Å². The molecule has 1 aromatic carbocycles. The van der Waals surface area contributed by atoms with Crippen molar-refractivity contribution in [2.75, 3.05) is 6.54 Å². The molecule has 2 aliphatic rings. The molecule has 1 aliphatic carbocycles. The summed E-state index contributed by atoms with van der Waals surface area (Å²) in [6, 6.07) is 4.48. The number of Topliss-reactive ketones (excluding diaryl/α,β-unsaturated/α-hetero) is 1. The molecular formula is C21H24ClF3N2O4S. The molecule has 1 amide bonds. The van der Waals surface area contributed by atoms with E-state index < -0.39 is 49.3 Å². The maximum Gasteiger partial charge on any atom is 0.421 e. The predicted molar refractivity (Wildman–Crippen MR) is 112 cm³/mol. The van der Waals surface area contributed by atoms with Gasteiger partial charge in [0.1, 0.15) is 0 Å². The van der Waals surface area contributed by atoms with Crippen LogP contribution in [0.3, 0.4) is 0 Å². The lowest BCUT2D eigenvalue weighted by Gasteiger charge is -2.35. The Bertz CT molecular complexity index is 1080. The van der Waals surface area contributed by atoms with Gasteiger partial charge < -0.3 is 4.90 Å². The SMILES string of the molecule is CCCCN1C(=O)[C@@](NS(=O)(=O)c2ccc(Cl)cc2)(C(F)(F)F)C2=C1CC(C)(C)CC2=O. The van der Waals surface area contributed by atoms with Gasteiger partial charge in [0, 0.05) is 23.7 Å². The number of halogens is 4. The number of carbonyl (C=O) groups excluding carboxylic acids is 2. The zero-order valence-corrected chi connectivity index (χ0v) is 19.4. The van der Waals surface area contributed by atoms with E-state index >= 15 is 0 Å². The van der Waals surface area contributed by atoms with E-state index in [1.165, 1.54) is 12.1 Å². The van der Waals surface area contributed by atoms with Crippen molar-refractivity contribution in [3.05, 3.63) is 40.6 Å². The van der Waals surface area contributed by atoms with E-state index in [1.54, 1.807) is 18.6 Å². The zero-order chi connectivity index (χ0) is 24.1. The number of rotatable bonds is 6. The first-order valence-electron chi connectivity index (χ1n) is 10.1. The van der Waals surface area contributed by atoms with Gasteiger partial charge in [0.05, 0.1) is 10.5 Å². The predicted octanol–water partition coefficient (Wildman–Crippen LogP) is 4.20. The highest BCUT2D eigenvalue weighted by Crippen LogP contribution is 2.52. The molecule has 176 valence electrons. The van der Waals surface area contributed by atoms with Gasteiger partial charge in [-0.15, -0.1) is 0 Å². The van der Waals surface area contributed by atoms with Gasteiger partial charge in [0.25, 0.3) is 5.91 Å². The van der Waals surface area contributed by atoms with Gasteiger partial charge in [-0.05, 0) is 42.5 Å². The maximum absolute atomic E-state index is 14.6. The van der Waals surface area contributed by atoms with Gasteiger partial charge in [-0.3, -0.25) is 9.59 Å². The summed E-state index contributed by atoms with van der Waals surface area (Å²) in [6.07, 6.45) is -4.58. The fraction of sp³-hybridized carbons (Fsp3) is 0.524. The van der Waals surface area contributed by atoms with Gasteiger partial charge in [-0.25, -0.2) is 8.42 Å². The highest BCUT2D eigenvalue weighted by Gasteiger charge is 2.72. The van der Waals surface area contributed by atoms with Gasteiger partial charge >= 0.3 is 6.18 Å². The summed E-state index contributed by atoms with van der Waals surface area (Å²) in [5.41, 5.74) is -5.22. The number of carbonyl (C=O) groups is 2. The molecule has 0 spiro atoms. The van der Waals surface area contributed by atoms with Crippen LogP contribution in [0.15, 0.2) is 40.4 Å². The number of hydrogen-bond donors (Lipinski definition) is 1. The maximum atomic E-state index is 14.6. The number of unbranched alkanes of at least 4 members (excludes halogenated alkanes) is 1. The van der Waals surface area contributed by atoms with E-state index in [2.05, 4.69) is 0 Å². The number of amides is 1. The minimum Gasteiger partial charge on any atom is -0.313 e. The molecule has 0 saturated carbocycles. The molecule has 1 N–H and O–H groups in total. The molecule has 1 heterocycles. The lowest BCUT2D eigenvalue weighted by atomic mass is 9.72. The molecule has 1 atom stereocenters. The van der Waals surface area contributed by atoms with E-state index in [9.17, 15) is 31.2 Å². The molecule has 0 bridgehead atoms. The third kappa shape index (κ3) is 4.08. The summed E-state index contributed by atoms with van der Waals surface area (Å²) < 4.78 is 71.4. The number of allylic oxidation sites excluding steroid dienone is 1. The lowest BCUT2D eigenvalue weighted by Crippen LogP contribution is -2.66. The zero-order valence-electron chi connectivity index (χ0n) is 17.8. The van der Waals surface area contributed by atoms with Crippen molar-refractivity contribution in [3.63, 3.8) is 0 Å². The van der Waals surface area contributed by atoms with Crippen LogP contribution in [-0.4, -0.2) is 43.3 Å². The second-order valence-corrected chi connectivity index (χ2v) is 11.0. The van der Waals surface area contributed by atoms with E-state index in [0.29, 0.717) is 12.8 Å². The number of nitrogens with one attached hydrogen (secondary N) is 1. The molecule has 6 nitrogen and oxygen atoms in total. The average molecular weight is 493 g/mol. The Morgan fingerprint density at radius 2 is 1.72 bits per heavy atom. The van der Waals surface area contributed by atoms with Crippen LogP contribution >= 0.6 is 11.6 Å². The quantitative estimate of drug-likeness (QED) is 0.645. The van der Waals surface area contributed by atoms with E-state index in [-0.39, 0.29) is 30.1 Å². The Morgan fingerprint density at radius 3 is 2.25 bits per heavy atom. The Kier molecular flexibility index (Phi) is 6.29. The largest absolute Gasteiger partial charge is 0.421 e. The number of benzene rings is 1. The van der Waals surface area contributed by atoms with Crippen molar-refractivity contribution in [3.8, 4) is 0 Å². The van der Waals surface area contributed by atoms with E-state index in [4.69, 9.17) is 11.6 Å². The smallest absolute Gasteiger partial charge is 0.313 e. The monoisotopic (exact) mass is 492 g/mol. The molecule has 0 radical (unpaired) electrons. The molecule has 0 fully saturated rings. The van der Waals surface area contributed by atoms with Crippen molar-refractivity contribution in [2.45, 2.75) is 63.1 Å². The fourth-order valence-corrected chi connectivity index (χ4v) is 5.66. The Balaban J connectivity index is 2.23. The number of alkyl halides is 3. The molecule has 1 aromatic rings. The molecule has 0 unspecified atom stereocenters.